The summed E-state index contributed by atoms with van der Waals surface area (Å²) in [4.78, 5) is 27.6. The molecule has 0 saturated heterocycles. The van der Waals surface area contributed by atoms with Gasteiger partial charge in [-0.3, -0.25) is 9.48 Å². The third kappa shape index (κ3) is 3.08. The molecule has 0 atom stereocenters. The number of carbonyl (C=O) groups excluding carboxylic acids is 1. The van der Waals surface area contributed by atoms with Crippen molar-refractivity contribution in [3.63, 3.8) is 0 Å². The second-order valence-electron chi connectivity index (χ2n) is 6.24. The zero-order chi connectivity index (χ0) is 17.4. The summed E-state index contributed by atoms with van der Waals surface area (Å²) in [5.41, 5.74) is 6.44. The number of carbonyl (C=O) groups is 2. The molecular weight excluding hydrogens is 296 g/mol. The summed E-state index contributed by atoms with van der Waals surface area (Å²) in [6.45, 7) is 8.43. The van der Waals surface area contributed by atoms with E-state index in [1.807, 2.05) is 27.7 Å². The third-order valence-corrected chi connectivity index (χ3v) is 3.52. The highest BCUT2D eigenvalue weighted by molar-refractivity contribution is 6.13. The summed E-state index contributed by atoms with van der Waals surface area (Å²) in [7, 11) is 0. The molecule has 0 aliphatic heterocycles. The average molecular weight is 316 g/mol. The van der Waals surface area contributed by atoms with Gasteiger partial charge >= 0.3 is 5.97 Å². The Morgan fingerprint density at radius 2 is 2.00 bits per heavy atom. The van der Waals surface area contributed by atoms with Gasteiger partial charge in [0.25, 0.3) is 0 Å². The summed E-state index contributed by atoms with van der Waals surface area (Å²) in [6, 6.07) is 3.15. The van der Waals surface area contributed by atoms with Crippen LogP contribution in [0.2, 0.25) is 0 Å². The summed E-state index contributed by atoms with van der Waals surface area (Å²) in [5.74, 6) is -1.63. The second kappa shape index (κ2) is 5.83. The lowest BCUT2D eigenvalue weighted by molar-refractivity contribution is 0.0691. The molecule has 23 heavy (non-hydrogen) atoms. The Bertz CT molecular complexity index is 772. The molecule has 0 saturated carbocycles. The van der Waals surface area contributed by atoms with Gasteiger partial charge in [0.2, 0.25) is 5.78 Å². The summed E-state index contributed by atoms with van der Waals surface area (Å²) in [5, 5.41) is 13.5. The van der Waals surface area contributed by atoms with Crippen molar-refractivity contribution < 1.29 is 14.7 Å². The fourth-order valence-electron chi connectivity index (χ4n) is 2.19. The van der Waals surface area contributed by atoms with Gasteiger partial charge in [-0.1, -0.05) is 20.8 Å². The lowest BCUT2D eigenvalue weighted by Gasteiger charge is -2.13. The summed E-state index contributed by atoms with van der Waals surface area (Å²) < 4.78 is 1.60. The van der Waals surface area contributed by atoms with Crippen molar-refractivity contribution in [3.8, 4) is 0 Å². The van der Waals surface area contributed by atoms with Crippen LogP contribution < -0.4 is 5.73 Å². The molecule has 0 spiro atoms. The van der Waals surface area contributed by atoms with Gasteiger partial charge in [-0.05, 0) is 19.1 Å². The molecule has 0 aromatic carbocycles. The Kier molecular flexibility index (Phi) is 4.22. The molecule has 0 bridgehead atoms. The number of aromatic carboxylic acids is 1. The number of anilines is 1. The Hall–Kier alpha value is -2.70. The van der Waals surface area contributed by atoms with Crippen LogP contribution in [0.4, 0.5) is 5.69 Å². The van der Waals surface area contributed by atoms with Gasteiger partial charge in [-0.15, -0.1) is 0 Å². The summed E-state index contributed by atoms with van der Waals surface area (Å²) in [6.07, 6.45) is 1.27. The molecule has 0 radical (unpaired) electrons. The van der Waals surface area contributed by atoms with Crippen molar-refractivity contribution in [1.82, 2.24) is 14.8 Å². The van der Waals surface area contributed by atoms with Crippen molar-refractivity contribution >= 4 is 17.4 Å². The number of pyridine rings is 1. The molecule has 2 rings (SSSR count). The Balaban J connectivity index is 2.56. The predicted molar refractivity (Wildman–Crippen MR) is 85.6 cm³/mol. The first-order chi connectivity index (χ1) is 10.7. The molecule has 7 heteroatoms. The molecule has 2 heterocycles. The van der Waals surface area contributed by atoms with Crippen LogP contribution in [-0.2, 0) is 12.0 Å². The second-order valence-corrected chi connectivity index (χ2v) is 6.24. The fourth-order valence-corrected chi connectivity index (χ4v) is 2.19. The topological polar surface area (TPSA) is 111 Å². The molecule has 3 N–H and O–H groups in total. The first-order valence-electron chi connectivity index (χ1n) is 7.27. The van der Waals surface area contributed by atoms with Gasteiger partial charge in [0.15, 0.2) is 5.69 Å². The molecule has 0 aliphatic carbocycles. The van der Waals surface area contributed by atoms with E-state index in [1.165, 1.54) is 12.3 Å². The van der Waals surface area contributed by atoms with Crippen LogP contribution in [0.5, 0.6) is 0 Å². The molecule has 7 nitrogen and oxygen atoms in total. The Labute approximate surface area is 134 Å². The zero-order valence-electron chi connectivity index (χ0n) is 13.6. The largest absolute Gasteiger partial charge is 0.476 e. The van der Waals surface area contributed by atoms with E-state index >= 15 is 0 Å². The SMILES string of the molecule is CCn1nc(C(C)(C)C)cc1C(=O)c1ccnc(C(=O)O)c1N. The average Bonchev–Trinajstić information content (AvgIpc) is 2.90. The minimum absolute atomic E-state index is 0.118. The highest BCUT2D eigenvalue weighted by Crippen LogP contribution is 2.25. The fraction of sp³-hybridized carbons (Fsp3) is 0.375. The highest BCUT2D eigenvalue weighted by Gasteiger charge is 2.25. The van der Waals surface area contributed by atoms with E-state index in [4.69, 9.17) is 10.8 Å². The van der Waals surface area contributed by atoms with E-state index in [2.05, 4.69) is 10.1 Å². The van der Waals surface area contributed by atoms with E-state index in [-0.39, 0.29) is 28.1 Å². The molecule has 2 aromatic rings. The number of carboxylic acids is 1. The Morgan fingerprint density at radius 1 is 1.35 bits per heavy atom. The van der Waals surface area contributed by atoms with Crippen LogP contribution in [0, 0.1) is 0 Å². The number of nitrogens with zero attached hydrogens (tertiary/aromatic N) is 3. The molecule has 0 fully saturated rings. The van der Waals surface area contributed by atoms with Crippen LogP contribution in [0.25, 0.3) is 0 Å². The van der Waals surface area contributed by atoms with E-state index in [1.54, 1.807) is 10.7 Å². The van der Waals surface area contributed by atoms with Crippen LogP contribution in [-0.4, -0.2) is 31.6 Å². The highest BCUT2D eigenvalue weighted by atomic mass is 16.4. The molecule has 0 unspecified atom stereocenters. The smallest absolute Gasteiger partial charge is 0.356 e. The van der Waals surface area contributed by atoms with E-state index in [0.29, 0.717) is 12.2 Å². The van der Waals surface area contributed by atoms with Gasteiger partial charge < -0.3 is 10.8 Å². The van der Waals surface area contributed by atoms with Crippen LogP contribution in [0.15, 0.2) is 18.3 Å². The van der Waals surface area contributed by atoms with E-state index in [9.17, 15) is 9.59 Å². The van der Waals surface area contributed by atoms with Crippen LogP contribution in [0.1, 0.15) is 59.9 Å². The normalized spacial score (nSPS) is 11.5. The number of aryl methyl sites for hydroxylation is 1. The van der Waals surface area contributed by atoms with Gasteiger partial charge in [0, 0.05) is 18.2 Å². The Morgan fingerprint density at radius 3 is 2.52 bits per heavy atom. The maximum absolute atomic E-state index is 12.8. The lowest BCUT2D eigenvalue weighted by Crippen LogP contribution is -2.15. The monoisotopic (exact) mass is 316 g/mol. The number of nitrogens with two attached hydrogens (primary N) is 1. The number of hydrogen-bond donors (Lipinski definition) is 2. The first kappa shape index (κ1) is 16.7. The molecule has 2 aromatic heterocycles. The van der Waals surface area contributed by atoms with Gasteiger partial charge in [-0.25, -0.2) is 9.78 Å². The molecule has 0 amide bonds. The predicted octanol–water partition coefficient (Wildman–Crippen LogP) is 2.11. The molecule has 0 aliphatic rings. The lowest BCUT2D eigenvalue weighted by atomic mass is 9.92. The maximum Gasteiger partial charge on any atom is 0.356 e. The van der Waals surface area contributed by atoms with Crippen LogP contribution >= 0.6 is 0 Å². The number of carboxylic acid groups (broad SMARTS) is 1. The van der Waals surface area contributed by atoms with Gasteiger partial charge in [-0.2, -0.15) is 5.10 Å². The number of ketones is 1. The zero-order valence-corrected chi connectivity index (χ0v) is 13.6. The number of hydrogen-bond acceptors (Lipinski definition) is 5. The first-order valence-corrected chi connectivity index (χ1v) is 7.27. The van der Waals surface area contributed by atoms with Crippen molar-refractivity contribution in [3.05, 3.63) is 41.0 Å². The summed E-state index contributed by atoms with van der Waals surface area (Å²) >= 11 is 0. The van der Waals surface area contributed by atoms with Crippen molar-refractivity contribution in [2.45, 2.75) is 39.7 Å². The van der Waals surface area contributed by atoms with E-state index in [0.717, 1.165) is 5.69 Å². The maximum atomic E-state index is 12.8. The van der Waals surface area contributed by atoms with E-state index < -0.39 is 5.97 Å². The number of aromatic nitrogens is 3. The quantitative estimate of drug-likeness (QED) is 0.836. The van der Waals surface area contributed by atoms with Crippen molar-refractivity contribution in [2.75, 3.05) is 5.73 Å². The van der Waals surface area contributed by atoms with Gasteiger partial charge in [0.1, 0.15) is 5.69 Å². The molecule has 122 valence electrons. The van der Waals surface area contributed by atoms with Crippen molar-refractivity contribution in [2.24, 2.45) is 0 Å². The van der Waals surface area contributed by atoms with Gasteiger partial charge in [0.05, 0.1) is 16.9 Å². The minimum atomic E-state index is -1.27. The third-order valence-electron chi connectivity index (χ3n) is 3.52. The molecular formula is C16H20N4O3. The number of nitrogen functional groups attached to an aromatic ring is 1. The van der Waals surface area contributed by atoms with Crippen molar-refractivity contribution in [1.29, 1.82) is 0 Å². The minimum Gasteiger partial charge on any atom is -0.476 e. The van der Waals surface area contributed by atoms with Crippen LogP contribution in [0.3, 0.4) is 0 Å². The standard InChI is InChI=1S/C16H20N4O3/c1-5-20-10(8-11(19-20)16(2,3)4)14(21)9-6-7-18-13(12(9)17)15(22)23/h6-8H,5,17H2,1-4H3,(H,22,23). The number of rotatable bonds is 4.